The number of rotatable bonds is 4. The molecule has 1 atom stereocenters. The number of fused-ring (bicyclic) bond motifs is 1. The fraction of sp³-hybridized carbons (Fsp3) is 0.300. The molecule has 3 amide bonds. The van der Waals surface area contributed by atoms with Gasteiger partial charge in [0.2, 0.25) is 5.91 Å². The van der Waals surface area contributed by atoms with Crippen LogP contribution in [-0.2, 0) is 11.2 Å². The molecule has 0 radical (unpaired) electrons. The van der Waals surface area contributed by atoms with Crippen molar-refractivity contribution in [2.75, 3.05) is 17.2 Å². The molecule has 0 aliphatic carbocycles. The zero-order valence-corrected chi connectivity index (χ0v) is 16.1. The van der Waals surface area contributed by atoms with Crippen LogP contribution in [-0.4, -0.2) is 18.5 Å². The third-order valence-corrected chi connectivity index (χ3v) is 4.73. The fourth-order valence-corrected chi connectivity index (χ4v) is 3.51. The van der Waals surface area contributed by atoms with Gasteiger partial charge in [-0.2, -0.15) is 0 Å². The molecule has 3 rings (SSSR count). The third kappa shape index (κ3) is 4.71. The molecule has 1 unspecified atom stereocenters. The number of nitrogens with two attached hydrogens (primary N) is 2. The molecule has 0 saturated heterocycles. The van der Waals surface area contributed by atoms with Crippen molar-refractivity contribution >= 4 is 35.7 Å². The minimum Gasteiger partial charge on any atom is -0.398 e. The van der Waals surface area contributed by atoms with Crippen LogP contribution in [0.4, 0.5) is 16.2 Å². The summed E-state index contributed by atoms with van der Waals surface area (Å²) in [4.78, 5) is 26.2. The molecule has 0 bridgehead atoms. The van der Waals surface area contributed by atoms with Crippen LogP contribution in [0.3, 0.4) is 0 Å². The van der Waals surface area contributed by atoms with Crippen molar-refractivity contribution in [3.05, 3.63) is 59.2 Å². The van der Waals surface area contributed by atoms with Gasteiger partial charge in [0.1, 0.15) is 0 Å². The standard InChI is InChI=1S/C20H24N4O2.ClH/c1-13-5-2-6-14(11-13)17(23-20(22)26)12-19(25)24-10-4-7-15-16(21)8-3-9-18(15)24;/h2-3,5-6,8-9,11,17H,4,7,10,12,21H2,1H3,(H3,22,23,26);1H. The maximum atomic E-state index is 13.0. The highest BCUT2D eigenvalue weighted by atomic mass is 35.5. The van der Waals surface area contributed by atoms with E-state index in [0.717, 1.165) is 35.2 Å². The number of urea groups is 1. The predicted octanol–water partition coefficient (Wildman–Crippen LogP) is 3.08. The highest BCUT2D eigenvalue weighted by Gasteiger charge is 2.27. The van der Waals surface area contributed by atoms with Gasteiger partial charge in [-0.3, -0.25) is 4.79 Å². The first kappa shape index (κ1) is 20.6. The molecule has 27 heavy (non-hydrogen) atoms. The van der Waals surface area contributed by atoms with E-state index < -0.39 is 12.1 Å². The number of benzene rings is 2. The van der Waals surface area contributed by atoms with Gasteiger partial charge in [0.25, 0.3) is 0 Å². The van der Waals surface area contributed by atoms with Crippen LogP contribution in [0, 0.1) is 6.92 Å². The van der Waals surface area contributed by atoms with Gasteiger partial charge < -0.3 is 21.7 Å². The Hall–Kier alpha value is -2.73. The number of primary amides is 1. The average Bonchev–Trinajstić information content (AvgIpc) is 2.60. The van der Waals surface area contributed by atoms with Gasteiger partial charge in [-0.1, -0.05) is 35.9 Å². The second-order valence-electron chi connectivity index (χ2n) is 6.67. The minimum absolute atomic E-state index is 0. The molecule has 1 aliphatic heterocycles. The zero-order chi connectivity index (χ0) is 18.7. The number of carbonyl (C=O) groups excluding carboxylic acids is 2. The first-order chi connectivity index (χ1) is 12.5. The number of aryl methyl sites for hydroxylation is 1. The second kappa shape index (κ2) is 8.77. The number of nitrogen functional groups attached to an aromatic ring is 1. The first-order valence-electron chi connectivity index (χ1n) is 8.76. The Labute approximate surface area is 165 Å². The van der Waals surface area contributed by atoms with Gasteiger partial charge in [0.05, 0.1) is 12.5 Å². The lowest BCUT2D eigenvalue weighted by Crippen LogP contribution is -2.40. The topological polar surface area (TPSA) is 101 Å². The molecule has 1 aliphatic rings. The highest BCUT2D eigenvalue weighted by molar-refractivity contribution is 5.96. The van der Waals surface area contributed by atoms with E-state index in [-0.39, 0.29) is 24.7 Å². The van der Waals surface area contributed by atoms with Crippen molar-refractivity contribution in [3.8, 4) is 0 Å². The van der Waals surface area contributed by atoms with E-state index in [9.17, 15) is 9.59 Å². The van der Waals surface area contributed by atoms with Crippen molar-refractivity contribution < 1.29 is 9.59 Å². The van der Waals surface area contributed by atoms with Crippen molar-refractivity contribution in [1.82, 2.24) is 5.32 Å². The van der Waals surface area contributed by atoms with Gasteiger partial charge in [-0.25, -0.2) is 4.79 Å². The largest absolute Gasteiger partial charge is 0.398 e. The summed E-state index contributed by atoms with van der Waals surface area (Å²) >= 11 is 0. The molecule has 2 aromatic carbocycles. The summed E-state index contributed by atoms with van der Waals surface area (Å²) in [5, 5.41) is 2.70. The van der Waals surface area contributed by atoms with E-state index in [2.05, 4.69) is 5.32 Å². The van der Waals surface area contributed by atoms with E-state index in [4.69, 9.17) is 11.5 Å². The van der Waals surface area contributed by atoms with Crippen LogP contribution < -0.4 is 21.7 Å². The van der Waals surface area contributed by atoms with E-state index in [0.29, 0.717) is 12.2 Å². The number of hydrogen-bond donors (Lipinski definition) is 3. The predicted molar refractivity (Wildman–Crippen MR) is 110 cm³/mol. The minimum atomic E-state index is -0.646. The average molecular weight is 389 g/mol. The van der Waals surface area contributed by atoms with Crippen LogP contribution in [0.5, 0.6) is 0 Å². The number of hydrogen-bond acceptors (Lipinski definition) is 3. The molecule has 5 N–H and O–H groups in total. The van der Waals surface area contributed by atoms with Crippen LogP contribution in [0.15, 0.2) is 42.5 Å². The lowest BCUT2D eigenvalue weighted by Gasteiger charge is -2.31. The molecule has 7 heteroatoms. The number of nitrogens with one attached hydrogen (secondary N) is 1. The molecule has 6 nitrogen and oxygen atoms in total. The third-order valence-electron chi connectivity index (χ3n) is 4.73. The summed E-state index contributed by atoms with van der Waals surface area (Å²) < 4.78 is 0. The number of anilines is 2. The number of amides is 3. The lowest BCUT2D eigenvalue weighted by atomic mass is 9.97. The van der Waals surface area contributed by atoms with Gasteiger partial charge >= 0.3 is 6.03 Å². The SMILES string of the molecule is Cc1cccc(C(CC(=O)N2CCCc3c(N)cccc32)NC(N)=O)c1.Cl. The monoisotopic (exact) mass is 388 g/mol. The Balaban J connectivity index is 0.00000261. The maximum Gasteiger partial charge on any atom is 0.312 e. The summed E-state index contributed by atoms with van der Waals surface area (Å²) in [6.45, 7) is 2.61. The maximum absolute atomic E-state index is 13.0. The summed E-state index contributed by atoms with van der Waals surface area (Å²) in [5.41, 5.74) is 15.9. The Morgan fingerprint density at radius 3 is 2.67 bits per heavy atom. The Morgan fingerprint density at radius 1 is 1.22 bits per heavy atom. The van der Waals surface area contributed by atoms with E-state index in [1.807, 2.05) is 49.4 Å². The highest BCUT2D eigenvalue weighted by Crippen LogP contribution is 2.32. The van der Waals surface area contributed by atoms with Crippen LogP contribution in [0.25, 0.3) is 0 Å². The molecule has 0 fully saturated rings. The summed E-state index contributed by atoms with van der Waals surface area (Å²) in [5.74, 6) is -0.0585. The fourth-order valence-electron chi connectivity index (χ4n) is 3.51. The first-order valence-corrected chi connectivity index (χ1v) is 8.76. The van der Waals surface area contributed by atoms with Crippen LogP contribution >= 0.6 is 12.4 Å². The molecule has 0 saturated carbocycles. The molecule has 0 aromatic heterocycles. The quantitative estimate of drug-likeness (QED) is 0.701. The Morgan fingerprint density at radius 2 is 1.96 bits per heavy atom. The lowest BCUT2D eigenvalue weighted by molar-refractivity contribution is -0.119. The smallest absolute Gasteiger partial charge is 0.312 e. The van der Waals surface area contributed by atoms with E-state index >= 15 is 0 Å². The van der Waals surface area contributed by atoms with Gasteiger partial charge in [0.15, 0.2) is 0 Å². The van der Waals surface area contributed by atoms with Crippen LogP contribution in [0.2, 0.25) is 0 Å². The summed E-state index contributed by atoms with van der Waals surface area (Å²) in [7, 11) is 0. The number of carbonyl (C=O) groups is 2. The molecule has 2 aromatic rings. The van der Waals surface area contributed by atoms with Gasteiger partial charge in [-0.05, 0) is 43.0 Å². The van der Waals surface area contributed by atoms with Crippen molar-refractivity contribution in [3.63, 3.8) is 0 Å². The summed E-state index contributed by atoms with van der Waals surface area (Å²) in [6.07, 6.45) is 1.87. The Kier molecular flexibility index (Phi) is 6.69. The second-order valence-corrected chi connectivity index (χ2v) is 6.67. The summed E-state index contributed by atoms with van der Waals surface area (Å²) in [6, 6.07) is 12.2. The van der Waals surface area contributed by atoms with Gasteiger partial charge in [0, 0.05) is 17.9 Å². The van der Waals surface area contributed by atoms with Crippen LogP contribution in [0.1, 0.15) is 35.6 Å². The molecule has 0 spiro atoms. The van der Waals surface area contributed by atoms with E-state index in [1.54, 1.807) is 4.90 Å². The molecule has 144 valence electrons. The normalized spacial score (nSPS) is 13.9. The van der Waals surface area contributed by atoms with Gasteiger partial charge in [-0.15, -0.1) is 12.4 Å². The van der Waals surface area contributed by atoms with Crippen molar-refractivity contribution in [2.45, 2.75) is 32.2 Å². The molecular formula is C20H25ClN4O2. The van der Waals surface area contributed by atoms with E-state index in [1.165, 1.54) is 0 Å². The van der Waals surface area contributed by atoms with Crippen molar-refractivity contribution in [2.24, 2.45) is 5.73 Å². The molecular weight excluding hydrogens is 364 g/mol. The number of halogens is 1. The zero-order valence-electron chi connectivity index (χ0n) is 15.3. The van der Waals surface area contributed by atoms with Crippen molar-refractivity contribution in [1.29, 1.82) is 0 Å². The Bertz CT molecular complexity index is 840. The molecule has 1 heterocycles. The number of nitrogens with zero attached hydrogens (tertiary/aromatic N) is 1.